The Balaban J connectivity index is 1.39. The SMILES string of the molecule is COc1ccc2[nH]c3c(c2c1)CCN(C(=O)Nc1ccc2c(c1)OCO2)[C@@H]3c1ccc(C)cc1. The maximum Gasteiger partial charge on any atom is 0.322 e. The van der Waals surface area contributed by atoms with Gasteiger partial charge in [-0.3, -0.25) is 0 Å². The zero-order valence-corrected chi connectivity index (χ0v) is 19.1. The summed E-state index contributed by atoms with van der Waals surface area (Å²) in [7, 11) is 1.68. The van der Waals surface area contributed by atoms with Crippen molar-refractivity contribution >= 4 is 22.6 Å². The quantitative estimate of drug-likeness (QED) is 0.434. The molecule has 2 amide bonds. The molecule has 0 spiro atoms. The fraction of sp³-hybridized carbons (Fsp3) is 0.222. The molecule has 0 unspecified atom stereocenters. The standard InChI is InChI=1S/C27H25N3O4/c1-16-3-5-17(6-4-16)26-25-20(21-14-19(32-2)8-9-22(21)29-25)11-12-30(26)27(31)28-18-7-10-23-24(13-18)34-15-33-23/h3-10,13-14,26,29H,11-12,15H2,1-2H3,(H,28,31)/t26-/m1/s1. The van der Waals surface area contributed by atoms with Crippen molar-refractivity contribution in [2.75, 3.05) is 25.8 Å². The Bertz CT molecular complexity index is 1390. The number of nitrogens with one attached hydrogen (secondary N) is 2. The number of amides is 2. The first-order valence-electron chi connectivity index (χ1n) is 11.3. The van der Waals surface area contributed by atoms with Crippen molar-refractivity contribution in [3.63, 3.8) is 0 Å². The summed E-state index contributed by atoms with van der Waals surface area (Å²) in [5, 5.41) is 4.19. The van der Waals surface area contributed by atoms with E-state index in [1.54, 1.807) is 13.2 Å². The highest BCUT2D eigenvalue weighted by Gasteiger charge is 2.35. The summed E-state index contributed by atoms with van der Waals surface area (Å²) in [5.74, 6) is 2.15. The highest BCUT2D eigenvalue weighted by molar-refractivity contribution is 5.92. The lowest BCUT2D eigenvalue weighted by Gasteiger charge is -2.36. The summed E-state index contributed by atoms with van der Waals surface area (Å²) in [6.07, 6.45) is 0.749. The molecule has 172 valence electrons. The summed E-state index contributed by atoms with van der Waals surface area (Å²) < 4.78 is 16.3. The molecular weight excluding hydrogens is 430 g/mol. The Morgan fingerprint density at radius 3 is 2.71 bits per heavy atom. The molecule has 3 aromatic carbocycles. The normalized spacial score (nSPS) is 16.4. The predicted octanol–water partition coefficient (Wildman–Crippen LogP) is 5.39. The molecule has 4 aromatic rings. The first-order chi connectivity index (χ1) is 16.6. The van der Waals surface area contributed by atoms with Crippen LogP contribution in [0, 0.1) is 6.92 Å². The van der Waals surface area contributed by atoms with Gasteiger partial charge in [-0.2, -0.15) is 0 Å². The Labute approximate surface area is 197 Å². The van der Waals surface area contributed by atoms with Gasteiger partial charge >= 0.3 is 6.03 Å². The molecule has 7 nitrogen and oxygen atoms in total. The molecule has 0 radical (unpaired) electrons. The fourth-order valence-corrected chi connectivity index (χ4v) is 4.88. The molecule has 0 saturated carbocycles. The van der Waals surface area contributed by atoms with Crippen molar-refractivity contribution in [2.45, 2.75) is 19.4 Å². The fourth-order valence-electron chi connectivity index (χ4n) is 4.88. The average molecular weight is 456 g/mol. The van der Waals surface area contributed by atoms with E-state index in [0.29, 0.717) is 23.7 Å². The third kappa shape index (κ3) is 3.41. The van der Waals surface area contributed by atoms with Gasteiger partial charge in [0.2, 0.25) is 6.79 Å². The Kier molecular flexibility index (Phi) is 4.83. The maximum atomic E-state index is 13.6. The van der Waals surface area contributed by atoms with Gasteiger partial charge in [0.1, 0.15) is 5.75 Å². The van der Waals surface area contributed by atoms with E-state index in [-0.39, 0.29) is 18.9 Å². The van der Waals surface area contributed by atoms with Gasteiger partial charge in [0.25, 0.3) is 0 Å². The van der Waals surface area contributed by atoms with E-state index in [9.17, 15) is 4.79 Å². The van der Waals surface area contributed by atoms with Gasteiger partial charge in [0.05, 0.1) is 13.2 Å². The molecule has 2 aliphatic rings. The van der Waals surface area contributed by atoms with Gasteiger partial charge in [-0.05, 0) is 54.8 Å². The topological polar surface area (TPSA) is 75.8 Å². The molecule has 2 aliphatic heterocycles. The number of hydrogen-bond acceptors (Lipinski definition) is 4. The number of hydrogen-bond donors (Lipinski definition) is 2. The van der Waals surface area contributed by atoms with E-state index in [2.05, 4.69) is 47.6 Å². The summed E-state index contributed by atoms with van der Waals surface area (Å²) in [6, 6.07) is 19.5. The summed E-state index contributed by atoms with van der Waals surface area (Å²) in [4.78, 5) is 19.0. The maximum absolute atomic E-state index is 13.6. The number of ether oxygens (including phenoxy) is 3. The lowest BCUT2D eigenvalue weighted by molar-refractivity contribution is 0.174. The largest absolute Gasteiger partial charge is 0.497 e. The summed E-state index contributed by atoms with van der Waals surface area (Å²) >= 11 is 0. The molecule has 0 bridgehead atoms. The zero-order valence-electron chi connectivity index (χ0n) is 19.1. The van der Waals surface area contributed by atoms with Crippen LogP contribution in [-0.4, -0.2) is 36.4 Å². The number of carbonyl (C=O) groups is 1. The van der Waals surface area contributed by atoms with Crippen molar-refractivity contribution in [3.8, 4) is 17.2 Å². The summed E-state index contributed by atoms with van der Waals surface area (Å²) in [6.45, 7) is 2.85. The minimum atomic E-state index is -0.239. The van der Waals surface area contributed by atoms with E-state index in [1.165, 1.54) is 11.1 Å². The second-order valence-electron chi connectivity index (χ2n) is 8.68. The van der Waals surface area contributed by atoms with Crippen molar-refractivity contribution < 1.29 is 19.0 Å². The molecule has 3 heterocycles. The second-order valence-corrected chi connectivity index (χ2v) is 8.68. The molecule has 6 rings (SSSR count). The smallest absolute Gasteiger partial charge is 0.322 e. The van der Waals surface area contributed by atoms with Crippen LogP contribution in [0.5, 0.6) is 17.2 Å². The summed E-state index contributed by atoms with van der Waals surface area (Å²) in [5.41, 5.74) is 6.22. The van der Waals surface area contributed by atoms with E-state index < -0.39 is 0 Å². The number of aromatic nitrogens is 1. The zero-order chi connectivity index (χ0) is 23.2. The highest BCUT2D eigenvalue weighted by atomic mass is 16.7. The number of H-pyrrole nitrogens is 1. The number of anilines is 1. The molecule has 1 aromatic heterocycles. The van der Waals surface area contributed by atoms with Crippen molar-refractivity contribution in [1.29, 1.82) is 0 Å². The number of nitrogens with zero attached hydrogens (tertiary/aromatic N) is 1. The van der Waals surface area contributed by atoms with Gasteiger partial charge in [-0.25, -0.2) is 4.79 Å². The second kappa shape index (κ2) is 8.02. The number of aromatic amines is 1. The van der Waals surface area contributed by atoms with Gasteiger partial charge in [0, 0.05) is 34.9 Å². The minimum absolute atomic E-state index is 0.161. The van der Waals surface area contributed by atoms with Gasteiger partial charge in [0.15, 0.2) is 11.5 Å². The number of benzene rings is 3. The first-order valence-corrected chi connectivity index (χ1v) is 11.3. The van der Waals surface area contributed by atoms with Crippen molar-refractivity contribution in [2.24, 2.45) is 0 Å². The Hall–Kier alpha value is -4.13. The average Bonchev–Trinajstić information content (AvgIpc) is 3.47. The molecular formula is C27H25N3O4. The van der Waals surface area contributed by atoms with Crippen LogP contribution >= 0.6 is 0 Å². The van der Waals surface area contributed by atoms with Gasteiger partial charge < -0.3 is 29.4 Å². The van der Waals surface area contributed by atoms with E-state index >= 15 is 0 Å². The third-order valence-electron chi connectivity index (χ3n) is 6.61. The number of fused-ring (bicyclic) bond motifs is 4. The molecule has 2 N–H and O–H groups in total. The Morgan fingerprint density at radius 2 is 1.88 bits per heavy atom. The molecule has 0 fully saturated rings. The predicted molar refractivity (Wildman–Crippen MR) is 130 cm³/mol. The van der Waals surface area contributed by atoms with Gasteiger partial charge in [-0.15, -0.1) is 0 Å². The van der Waals surface area contributed by atoms with Crippen LogP contribution in [0.2, 0.25) is 0 Å². The minimum Gasteiger partial charge on any atom is -0.497 e. The number of aryl methyl sites for hydroxylation is 1. The first kappa shape index (κ1) is 20.5. The van der Waals surface area contributed by atoms with Crippen LogP contribution < -0.4 is 19.5 Å². The molecule has 0 aliphatic carbocycles. The molecule has 34 heavy (non-hydrogen) atoms. The van der Waals surface area contributed by atoms with Crippen molar-refractivity contribution in [1.82, 2.24) is 9.88 Å². The van der Waals surface area contributed by atoms with Crippen LogP contribution in [0.25, 0.3) is 10.9 Å². The van der Waals surface area contributed by atoms with E-state index in [1.807, 2.05) is 29.2 Å². The number of carbonyl (C=O) groups excluding carboxylic acids is 1. The molecule has 0 saturated heterocycles. The van der Waals surface area contributed by atoms with Crippen LogP contribution in [-0.2, 0) is 6.42 Å². The van der Waals surface area contributed by atoms with E-state index in [4.69, 9.17) is 14.2 Å². The lowest BCUT2D eigenvalue weighted by Crippen LogP contribution is -2.43. The third-order valence-corrected chi connectivity index (χ3v) is 6.61. The van der Waals surface area contributed by atoms with Crippen LogP contribution in [0.3, 0.4) is 0 Å². The number of rotatable bonds is 3. The Morgan fingerprint density at radius 1 is 1.06 bits per heavy atom. The van der Waals surface area contributed by atoms with Crippen LogP contribution in [0.1, 0.15) is 28.4 Å². The van der Waals surface area contributed by atoms with E-state index in [0.717, 1.165) is 34.3 Å². The van der Waals surface area contributed by atoms with Crippen LogP contribution in [0.4, 0.5) is 10.5 Å². The van der Waals surface area contributed by atoms with Gasteiger partial charge in [-0.1, -0.05) is 29.8 Å². The van der Waals surface area contributed by atoms with Crippen LogP contribution in [0.15, 0.2) is 60.7 Å². The lowest BCUT2D eigenvalue weighted by atomic mass is 9.92. The van der Waals surface area contributed by atoms with Crippen molar-refractivity contribution in [3.05, 3.63) is 83.0 Å². The monoisotopic (exact) mass is 455 g/mol. The molecule has 7 heteroatoms. The number of methoxy groups -OCH3 is 1. The molecule has 1 atom stereocenters. The number of urea groups is 1. The highest BCUT2D eigenvalue weighted by Crippen LogP contribution is 2.40.